The van der Waals surface area contributed by atoms with Crippen LogP contribution in [-0.2, 0) is 13.0 Å². The van der Waals surface area contributed by atoms with Crippen LogP contribution in [0.3, 0.4) is 0 Å². The Morgan fingerprint density at radius 2 is 1.94 bits per heavy atom. The van der Waals surface area contributed by atoms with Crippen molar-refractivity contribution in [3.05, 3.63) is 59.4 Å². The summed E-state index contributed by atoms with van der Waals surface area (Å²) in [5.41, 5.74) is 7.33. The Balaban J connectivity index is 2.19. The smallest absolute Gasteiger partial charge is 0.159 e. The lowest BCUT2D eigenvalue weighted by Crippen LogP contribution is -2.09. The highest BCUT2D eigenvalue weighted by Gasteiger charge is 2.05. The maximum atomic E-state index is 13.1. The Labute approximate surface area is 98.7 Å². The summed E-state index contributed by atoms with van der Waals surface area (Å²) in [6, 6.07) is 7.86. The van der Waals surface area contributed by atoms with Crippen LogP contribution in [0.2, 0.25) is 0 Å². The van der Waals surface area contributed by atoms with Crippen LogP contribution < -0.4 is 5.73 Å². The fourth-order valence-electron chi connectivity index (χ4n) is 1.81. The van der Waals surface area contributed by atoms with Crippen LogP contribution >= 0.6 is 0 Å². The predicted octanol–water partition coefficient (Wildman–Crippen LogP) is 2.32. The minimum Gasteiger partial charge on any atom is -0.347 e. The zero-order chi connectivity index (χ0) is 12.3. The van der Waals surface area contributed by atoms with Crippen LogP contribution in [-0.4, -0.2) is 11.1 Å². The van der Waals surface area contributed by atoms with Gasteiger partial charge in [-0.05, 0) is 42.8 Å². The normalized spacial score (nSPS) is 10.8. The van der Waals surface area contributed by atoms with Gasteiger partial charge in [-0.3, -0.25) is 0 Å². The number of hydrogen-bond acceptors (Lipinski definition) is 1. The molecule has 2 rings (SSSR count). The van der Waals surface area contributed by atoms with Gasteiger partial charge in [0.2, 0.25) is 0 Å². The summed E-state index contributed by atoms with van der Waals surface area (Å²) in [4.78, 5) is 0. The first kappa shape index (κ1) is 11.8. The highest BCUT2D eigenvalue weighted by Crippen LogP contribution is 2.12. The summed E-state index contributed by atoms with van der Waals surface area (Å²) in [6.45, 7) is 1.10. The minimum atomic E-state index is -0.816. The highest BCUT2D eigenvalue weighted by atomic mass is 19.2. The third kappa shape index (κ3) is 2.71. The molecule has 2 aromatic rings. The van der Waals surface area contributed by atoms with Gasteiger partial charge in [0.25, 0.3) is 0 Å². The second kappa shape index (κ2) is 5.10. The van der Waals surface area contributed by atoms with Gasteiger partial charge in [-0.2, -0.15) is 0 Å². The summed E-state index contributed by atoms with van der Waals surface area (Å²) in [5, 5.41) is 0. The zero-order valence-electron chi connectivity index (χ0n) is 9.37. The molecule has 0 aliphatic rings. The van der Waals surface area contributed by atoms with Crippen molar-refractivity contribution in [3.63, 3.8) is 0 Å². The Morgan fingerprint density at radius 3 is 2.65 bits per heavy atom. The van der Waals surface area contributed by atoms with E-state index in [9.17, 15) is 8.78 Å². The van der Waals surface area contributed by atoms with Gasteiger partial charge in [-0.15, -0.1) is 0 Å². The van der Waals surface area contributed by atoms with E-state index < -0.39 is 11.6 Å². The van der Waals surface area contributed by atoms with Gasteiger partial charge in [0, 0.05) is 18.4 Å². The van der Waals surface area contributed by atoms with Gasteiger partial charge in [-0.1, -0.05) is 6.07 Å². The van der Waals surface area contributed by atoms with Crippen molar-refractivity contribution in [1.29, 1.82) is 0 Å². The second-order valence-corrected chi connectivity index (χ2v) is 3.91. The van der Waals surface area contributed by atoms with E-state index in [-0.39, 0.29) is 0 Å². The molecule has 1 aromatic heterocycles. The van der Waals surface area contributed by atoms with E-state index in [4.69, 9.17) is 5.73 Å². The third-order valence-electron chi connectivity index (χ3n) is 2.66. The molecule has 0 atom stereocenters. The molecule has 90 valence electrons. The highest BCUT2D eigenvalue weighted by molar-refractivity contribution is 5.20. The Kier molecular flexibility index (Phi) is 3.54. The molecule has 1 aromatic carbocycles. The van der Waals surface area contributed by atoms with Gasteiger partial charge in [0.05, 0.1) is 0 Å². The van der Waals surface area contributed by atoms with Gasteiger partial charge in [0.1, 0.15) is 0 Å². The molecule has 0 aliphatic heterocycles. The van der Waals surface area contributed by atoms with E-state index >= 15 is 0 Å². The van der Waals surface area contributed by atoms with Crippen molar-refractivity contribution in [2.75, 3.05) is 6.54 Å². The maximum absolute atomic E-state index is 13.1. The second-order valence-electron chi connectivity index (χ2n) is 3.91. The van der Waals surface area contributed by atoms with E-state index in [2.05, 4.69) is 0 Å². The molecule has 4 heteroatoms. The van der Waals surface area contributed by atoms with Gasteiger partial charge < -0.3 is 10.3 Å². The molecule has 0 saturated carbocycles. The molecule has 0 saturated heterocycles. The first-order valence-corrected chi connectivity index (χ1v) is 5.48. The van der Waals surface area contributed by atoms with Crippen molar-refractivity contribution in [3.8, 4) is 0 Å². The molecular formula is C13H14F2N2. The quantitative estimate of drug-likeness (QED) is 0.867. The summed E-state index contributed by atoms with van der Waals surface area (Å²) < 4.78 is 27.8. The van der Waals surface area contributed by atoms with Crippen LogP contribution in [0.4, 0.5) is 8.78 Å². The third-order valence-corrected chi connectivity index (χ3v) is 2.66. The summed E-state index contributed by atoms with van der Waals surface area (Å²) in [6.07, 6.45) is 2.68. The SMILES string of the molecule is NCCc1cccn1Cc1ccc(F)c(F)c1. The van der Waals surface area contributed by atoms with Gasteiger partial charge in [-0.25, -0.2) is 8.78 Å². The largest absolute Gasteiger partial charge is 0.347 e. The average molecular weight is 236 g/mol. The van der Waals surface area contributed by atoms with Crippen LogP contribution in [0.25, 0.3) is 0 Å². The summed E-state index contributed by atoms with van der Waals surface area (Å²) >= 11 is 0. The number of nitrogens with two attached hydrogens (primary N) is 1. The lowest BCUT2D eigenvalue weighted by molar-refractivity contribution is 0.506. The molecule has 0 radical (unpaired) electrons. The van der Waals surface area contributed by atoms with Crippen LogP contribution in [0.15, 0.2) is 36.5 Å². The number of rotatable bonds is 4. The maximum Gasteiger partial charge on any atom is 0.159 e. The monoisotopic (exact) mass is 236 g/mol. The lowest BCUT2D eigenvalue weighted by Gasteiger charge is -2.09. The van der Waals surface area contributed by atoms with Crippen molar-refractivity contribution < 1.29 is 8.78 Å². The molecule has 0 fully saturated rings. The molecule has 0 bridgehead atoms. The van der Waals surface area contributed by atoms with Crippen molar-refractivity contribution >= 4 is 0 Å². The predicted molar refractivity (Wildman–Crippen MR) is 62.7 cm³/mol. The molecule has 1 heterocycles. The number of nitrogens with zero attached hydrogens (tertiary/aromatic N) is 1. The molecule has 0 unspecified atom stereocenters. The fraction of sp³-hybridized carbons (Fsp3) is 0.231. The Hall–Kier alpha value is -1.68. The van der Waals surface area contributed by atoms with Gasteiger partial charge in [0.15, 0.2) is 11.6 Å². The Morgan fingerprint density at radius 1 is 1.12 bits per heavy atom. The van der Waals surface area contributed by atoms with Crippen molar-refractivity contribution in [1.82, 2.24) is 4.57 Å². The summed E-state index contributed by atoms with van der Waals surface area (Å²) in [5.74, 6) is -1.63. The van der Waals surface area contributed by atoms with Crippen molar-refractivity contribution in [2.24, 2.45) is 5.73 Å². The van der Waals surface area contributed by atoms with E-state index in [1.165, 1.54) is 6.07 Å². The molecule has 2 N–H and O–H groups in total. The van der Waals surface area contributed by atoms with Crippen LogP contribution in [0.5, 0.6) is 0 Å². The van der Waals surface area contributed by atoms with E-state index in [1.54, 1.807) is 6.07 Å². The number of halogens is 2. The van der Waals surface area contributed by atoms with E-state index in [1.807, 2.05) is 22.9 Å². The topological polar surface area (TPSA) is 30.9 Å². The van der Waals surface area contributed by atoms with Crippen LogP contribution in [0.1, 0.15) is 11.3 Å². The lowest BCUT2D eigenvalue weighted by atomic mass is 10.2. The molecule has 0 spiro atoms. The van der Waals surface area contributed by atoms with E-state index in [0.29, 0.717) is 13.1 Å². The molecule has 0 amide bonds. The number of benzene rings is 1. The zero-order valence-corrected chi connectivity index (χ0v) is 9.37. The molecule has 17 heavy (non-hydrogen) atoms. The molecular weight excluding hydrogens is 222 g/mol. The first-order chi connectivity index (χ1) is 8.20. The van der Waals surface area contributed by atoms with Gasteiger partial charge >= 0.3 is 0 Å². The standard InChI is InChI=1S/C13H14F2N2/c14-12-4-3-10(8-13(12)15)9-17-7-1-2-11(17)5-6-16/h1-4,7-8H,5-6,9,16H2. The molecule has 2 nitrogen and oxygen atoms in total. The van der Waals surface area contributed by atoms with E-state index in [0.717, 1.165) is 23.7 Å². The first-order valence-electron chi connectivity index (χ1n) is 5.48. The van der Waals surface area contributed by atoms with Crippen LogP contribution in [0, 0.1) is 11.6 Å². The average Bonchev–Trinajstić information content (AvgIpc) is 2.72. The number of aromatic nitrogens is 1. The minimum absolute atomic E-state index is 0.527. The Bertz CT molecular complexity index is 506. The number of hydrogen-bond donors (Lipinski definition) is 1. The molecule has 0 aliphatic carbocycles. The summed E-state index contributed by atoms with van der Waals surface area (Å²) in [7, 11) is 0. The van der Waals surface area contributed by atoms with Crippen molar-refractivity contribution in [2.45, 2.75) is 13.0 Å². The fourth-order valence-corrected chi connectivity index (χ4v) is 1.81.